The van der Waals surface area contributed by atoms with Gasteiger partial charge in [0, 0.05) is 43.7 Å². The van der Waals surface area contributed by atoms with E-state index in [1.165, 1.54) is 4.88 Å². The van der Waals surface area contributed by atoms with Crippen molar-refractivity contribution in [3.05, 3.63) is 70.1 Å². The minimum absolute atomic E-state index is 0.0727. The monoisotopic (exact) mass is 410 g/mol. The predicted molar refractivity (Wildman–Crippen MR) is 115 cm³/mol. The van der Waals surface area contributed by atoms with Crippen LogP contribution in [0.4, 0.5) is 5.82 Å². The highest BCUT2D eigenvalue weighted by atomic mass is 32.1. The summed E-state index contributed by atoms with van der Waals surface area (Å²) in [5.41, 5.74) is 0.997. The van der Waals surface area contributed by atoms with Crippen molar-refractivity contribution < 1.29 is 9.32 Å². The van der Waals surface area contributed by atoms with Gasteiger partial charge in [0.1, 0.15) is 11.8 Å². The molecule has 1 aromatic carbocycles. The summed E-state index contributed by atoms with van der Waals surface area (Å²) in [4.78, 5) is 19.3. The molecule has 0 spiro atoms. The van der Waals surface area contributed by atoms with Crippen LogP contribution in [0.1, 0.15) is 22.2 Å². The number of nitrogens with zero attached hydrogens (tertiary/aromatic N) is 3. The van der Waals surface area contributed by atoms with Gasteiger partial charge in [-0.3, -0.25) is 9.69 Å². The summed E-state index contributed by atoms with van der Waals surface area (Å²) < 4.78 is 5.08. The Labute approximate surface area is 175 Å². The molecule has 29 heavy (non-hydrogen) atoms. The van der Waals surface area contributed by atoms with Crippen LogP contribution in [-0.4, -0.2) is 53.6 Å². The molecule has 0 saturated carbocycles. The number of thiophene rings is 1. The third-order valence-corrected chi connectivity index (χ3v) is 6.21. The van der Waals surface area contributed by atoms with Crippen LogP contribution in [0.2, 0.25) is 0 Å². The van der Waals surface area contributed by atoms with Gasteiger partial charge in [-0.1, -0.05) is 41.6 Å². The van der Waals surface area contributed by atoms with E-state index < -0.39 is 0 Å². The molecule has 6 nitrogen and oxygen atoms in total. The van der Waals surface area contributed by atoms with E-state index in [-0.39, 0.29) is 11.9 Å². The van der Waals surface area contributed by atoms with Crippen LogP contribution >= 0.6 is 11.3 Å². The molecule has 1 atom stereocenters. The standard InChI is InChI=1S/C22H26N4O2S/c1-17-16-20(24-28-17)23-22(27)21(18-6-3-2-4-7-18)26-13-11-25(12-14-26)10-9-19-8-5-15-29-19/h2-8,15-16,21H,9-14H2,1H3,(H,23,24,27). The largest absolute Gasteiger partial charge is 0.360 e. The quantitative estimate of drug-likeness (QED) is 0.645. The van der Waals surface area contributed by atoms with Gasteiger partial charge in [-0.25, -0.2) is 0 Å². The lowest BCUT2D eigenvalue weighted by Gasteiger charge is -2.38. The van der Waals surface area contributed by atoms with Crippen molar-refractivity contribution in [3.63, 3.8) is 0 Å². The Morgan fingerprint density at radius 3 is 2.62 bits per heavy atom. The fourth-order valence-electron chi connectivity index (χ4n) is 3.75. The van der Waals surface area contributed by atoms with Crippen LogP contribution in [0.15, 0.2) is 58.4 Å². The number of aryl methyl sites for hydroxylation is 1. The summed E-state index contributed by atoms with van der Waals surface area (Å²) >= 11 is 1.82. The number of benzene rings is 1. The maximum absolute atomic E-state index is 13.1. The number of hydrogen-bond acceptors (Lipinski definition) is 6. The number of amides is 1. The van der Waals surface area contributed by atoms with E-state index in [2.05, 4.69) is 37.8 Å². The summed E-state index contributed by atoms with van der Waals surface area (Å²) in [7, 11) is 0. The second-order valence-electron chi connectivity index (χ2n) is 7.33. The number of rotatable bonds is 7. The van der Waals surface area contributed by atoms with Crippen molar-refractivity contribution in [2.24, 2.45) is 0 Å². The molecule has 0 radical (unpaired) electrons. The molecular weight excluding hydrogens is 384 g/mol. The summed E-state index contributed by atoms with van der Waals surface area (Å²) in [6.45, 7) is 6.52. The van der Waals surface area contributed by atoms with E-state index in [0.717, 1.165) is 44.7 Å². The lowest BCUT2D eigenvalue weighted by atomic mass is 10.0. The predicted octanol–water partition coefficient (Wildman–Crippen LogP) is 3.58. The van der Waals surface area contributed by atoms with Crippen LogP contribution in [-0.2, 0) is 11.2 Å². The van der Waals surface area contributed by atoms with Gasteiger partial charge in [0.15, 0.2) is 5.82 Å². The SMILES string of the molecule is Cc1cc(NC(=O)C(c2ccccc2)N2CCN(CCc3cccs3)CC2)no1. The van der Waals surface area contributed by atoms with Crippen LogP contribution in [0.25, 0.3) is 0 Å². The Hall–Kier alpha value is -2.48. The van der Waals surface area contributed by atoms with Crippen molar-refractivity contribution in [2.45, 2.75) is 19.4 Å². The van der Waals surface area contributed by atoms with Gasteiger partial charge in [0.25, 0.3) is 0 Å². The molecule has 1 N–H and O–H groups in total. The second-order valence-corrected chi connectivity index (χ2v) is 8.36. The topological polar surface area (TPSA) is 61.6 Å². The van der Waals surface area contributed by atoms with Crippen molar-refractivity contribution in [1.29, 1.82) is 0 Å². The minimum Gasteiger partial charge on any atom is -0.360 e. The molecule has 3 heterocycles. The zero-order valence-electron chi connectivity index (χ0n) is 16.6. The highest BCUT2D eigenvalue weighted by Gasteiger charge is 2.30. The third-order valence-electron chi connectivity index (χ3n) is 5.27. The Morgan fingerprint density at radius 1 is 1.17 bits per heavy atom. The molecule has 7 heteroatoms. The zero-order valence-corrected chi connectivity index (χ0v) is 17.4. The fraction of sp³-hybridized carbons (Fsp3) is 0.364. The molecule has 1 aliphatic rings. The summed E-state index contributed by atoms with van der Waals surface area (Å²) in [5.74, 6) is 1.07. The first-order chi connectivity index (χ1) is 14.2. The molecule has 1 fully saturated rings. The smallest absolute Gasteiger partial charge is 0.247 e. The van der Waals surface area contributed by atoms with E-state index in [4.69, 9.17) is 4.52 Å². The van der Waals surface area contributed by atoms with Crippen LogP contribution in [0.3, 0.4) is 0 Å². The molecule has 1 saturated heterocycles. The van der Waals surface area contributed by atoms with Gasteiger partial charge >= 0.3 is 0 Å². The molecule has 0 aliphatic carbocycles. The Kier molecular flexibility index (Phi) is 6.39. The fourth-order valence-corrected chi connectivity index (χ4v) is 4.45. The van der Waals surface area contributed by atoms with Gasteiger partial charge in [-0.05, 0) is 30.4 Å². The molecule has 1 amide bonds. The van der Waals surface area contributed by atoms with E-state index in [0.29, 0.717) is 11.6 Å². The first kappa shape index (κ1) is 19.8. The number of aromatic nitrogens is 1. The first-order valence-corrected chi connectivity index (χ1v) is 10.8. The summed E-state index contributed by atoms with van der Waals surface area (Å²) in [6, 6.07) is 15.7. The van der Waals surface area contributed by atoms with E-state index >= 15 is 0 Å². The van der Waals surface area contributed by atoms with E-state index in [1.54, 1.807) is 6.07 Å². The van der Waals surface area contributed by atoms with E-state index in [1.807, 2.05) is 48.6 Å². The number of carbonyl (C=O) groups is 1. The molecule has 1 aliphatic heterocycles. The minimum atomic E-state index is -0.340. The number of hydrogen-bond donors (Lipinski definition) is 1. The van der Waals surface area contributed by atoms with Crippen LogP contribution in [0, 0.1) is 6.92 Å². The molecule has 3 aromatic rings. The Bertz CT molecular complexity index is 902. The third kappa shape index (κ3) is 5.12. The number of nitrogens with one attached hydrogen (secondary N) is 1. The molecule has 1 unspecified atom stereocenters. The molecule has 152 valence electrons. The Balaban J connectivity index is 1.41. The lowest BCUT2D eigenvalue weighted by molar-refractivity contribution is -0.122. The number of carbonyl (C=O) groups excluding carboxylic acids is 1. The Morgan fingerprint density at radius 2 is 1.97 bits per heavy atom. The van der Waals surface area contributed by atoms with Crippen molar-refractivity contribution in [3.8, 4) is 0 Å². The van der Waals surface area contributed by atoms with Crippen molar-refractivity contribution in [1.82, 2.24) is 15.0 Å². The lowest BCUT2D eigenvalue weighted by Crippen LogP contribution is -2.50. The average molecular weight is 411 g/mol. The number of piperazine rings is 1. The zero-order chi connectivity index (χ0) is 20.1. The first-order valence-electron chi connectivity index (χ1n) is 9.97. The van der Waals surface area contributed by atoms with Crippen molar-refractivity contribution in [2.75, 3.05) is 38.0 Å². The molecule has 4 rings (SSSR count). The van der Waals surface area contributed by atoms with Gasteiger partial charge in [0.05, 0.1) is 0 Å². The highest BCUT2D eigenvalue weighted by molar-refractivity contribution is 7.09. The van der Waals surface area contributed by atoms with Gasteiger partial charge in [-0.15, -0.1) is 11.3 Å². The van der Waals surface area contributed by atoms with Gasteiger partial charge in [0.2, 0.25) is 5.91 Å². The van der Waals surface area contributed by atoms with Crippen molar-refractivity contribution >= 4 is 23.1 Å². The van der Waals surface area contributed by atoms with Crippen LogP contribution in [0.5, 0.6) is 0 Å². The van der Waals surface area contributed by atoms with Gasteiger partial charge in [-0.2, -0.15) is 0 Å². The van der Waals surface area contributed by atoms with E-state index in [9.17, 15) is 4.79 Å². The van der Waals surface area contributed by atoms with Crippen LogP contribution < -0.4 is 5.32 Å². The molecular formula is C22H26N4O2S. The summed E-state index contributed by atoms with van der Waals surface area (Å²) in [5, 5.41) is 8.95. The maximum Gasteiger partial charge on any atom is 0.247 e. The highest BCUT2D eigenvalue weighted by Crippen LogP contribution is 2.24. The average Bonchev–Trinajstić information content (AvgIpc) is 3.40. The number of anilines is 1. The second kappa shape index (κ2) is 9.35. The summed E-state index contributed by atoms with van der Waals surface area (Å²) in [6.07, 6.45) is 1.09. The molecule has 2 aromatic heterocycles. The van der Waals surface area contributed by atoms with Gasteiger partial charge < -0.3 is 14.7 Å². The maximum atomic E-state index is 13.1. The molecule has 0 bridgehead atoms. The normalized spacial score (nSPS) is 16.6.